The van der Waals surface area contributed by atoms with Crippen molar-refractivity contribution in [3.05, 3.63) is 24.3 Å². The van der Waals surface area contributed by atoms with Crippen LogP contribution >= 0.6 is 0 Å². The van der Waals surface area contributed by atoms with Gasteiger partial charge in [-0.25, -0.2) is 0 Å². The van der Waals surface area contributed by atoms with Crippen LogP contribution in [0.1, 0.15) is 39.5 Å². The number of benzene rings is 1. The van der Waals surface area contributed by atoms with Gasteiger partial charge in [-0.15, -0.1) is 0 Å². The van der Waals surface area contributed by atoms with Crippen molar-refractivity contribution in [3.63, 3.8) is 0 Å². The SMILES string of the molecule is CC(C)Oc1ccc(NCC2CCC(N)CC2)cc1. The lowest BCUT2D eigenvalue weighted by atomic mass is 9.86. The molecule has 1 aliphatic carbocycles. The van der Waals surface area contributed by atoms with Crippen LogP contribution in [-0.4, -0.2) is 18.7 Å². The van der Waals surface area contributed by atoms with Gasteiger partial charge < -0.3 is 15.8 Å². The van der Waals surface area contributed by atoms with Gasteiger partial charge in [0.05, 0.1) is 6.10 Å². The summed E-state index contributed by atoms with van der Waals surface area (Å²) in [6.07, 6.45) is 5.08. The molecule has 0 aliphatic heterocycles. The fourth-order valence-electron chi connectivity index (χ4n) is 2.58. The molecule has 0 bridgehead atoms. The number of nitrogens with one attached hydrogen (secondary N) is 1. The topological polar surface area (TPSA) is 47.3 Å². The van der Waals surface area contributed by atoms with E-state index >= 15 is 0 Å². The summed E-state index contributed by atoms with van der Waals surface area (Å²) in [5.41, 5.74) is 7.10. The first-order chi connectivity index (χ1) is 9.13. The Morgan fingerprint density at radius 2 is 1.79 bits per heavy atom. The number of hydrogen-bond donors (Lipinski definition) is 2. The molecule has 1 saturated carbocycles. The molecule has 1 aromatic rings. The molecule has 0 amide bonds. The predicted molar refractivity (Wildman–Crippen MR) is 80.6 cm³/mol. The third-order valence-electron chi connectivity index (χ3n) is 3.71. The van der Waals surface area contributed by atoms with Crippen molar-refractivity contribution < 1.29 is 4.74 Å². The van der Waals surface area contributed by atoms with E-state index in [1.54, 1.807) is 0 Å². The van der Waals surface area contributed by atoms with Gasteiger partial charge in [-0.3, -0.25) is 0 Å². The molecule has 0 atom stereocenters. The van der Waals surface area contributed by atoms with Crippen LogP contribution in [0, 0.1) is 5.92 Å². The summed E-state index contributed by atoms with van der Waals surface area (Å²) in [5.74, 6) is 1.70. The molecule has 0 saturated heterocycles. The summed E-state index contributed by atoms with van der Waals surface area (Å²) < 4.78 is 5.63. The van der Waals surface area contributed by atoms with Crippen molar-refractivity contribution in [2.75, 3.05) is 11.9 Å². The Hall–Kier alpha value is -1.22. The van der Waals surface area contributed by atoms with Gasteiger partial charge >= 0.3 is 0 Å². The van der Waals surface area contributed by atoms with Crippen molar-refractivity contribution in [2.45, 2.75) is 51.7 Å². The molecule has 0 radical (unpaired) electrons. The maximum atomic E-state index is 5.93. The quantitative estimate of drug-likeness (QED) is 0.855. The third kappa shape index (κ3) is 4.75. The second-order valence-electron chi connectivity index (χ2n) is 5.85. The van der Waals surface area contributed by atoms with Gasteiger partial charge in [0.2, 0.25) is 0 Å². The van der Waals surface area contributed by atoms with E-state index in [0.29, 0.717) is 6.04 Å². The highest BCUT2D eigenvalue weighted by molar-refractivity contribution is 5.46. The average Bonchev–Trinajstić information content (AvgIpc) is 2.39. The van der Waals surface area contributed by atoms with E-state index in [1.807, 2.05) is 26.0 Å². The molecule has 0 unspecified atom stereocenters. The van der Waals surface area contributed by atoms with Gasteiger partial charge in [-0.2, -0.15) is 0 Å². The molecule has 0 heterocycles. The van der Waals surface area contributed by atoms with E-state index in [0.717, 1.165) is 18.2 Å². The maximum absolute atomic E-state index is 5.93. The van der Waals surface area contributed by atoms with Crippen LogP contribution in [0.3, 0.4) is 0 Å². The van der Waals surface area contributed by atoms with Crippen molar-refractivity contribution in [3.8, 4) is 5.75 Å². The minimum Gasteiger partial charge on any atom is -0.491 e. The number of ether oxygens (including phenoxy) is 1. The Kier molecular flexibility index (Phi) is 5.08. The number of anilines is 1. The first kappa shape index (κ1) is 14.2. The molecule has 19 heavy (non-hydrogen) atoms. The summed E-state index contributed by atoms with van der Waals surface area (Å²) in [4.78, 5) is 0. The zero-order valence-corrected chi connectivity index (χ0v) is 12.1. The van der Waals surface area contributed by atoms with Gasteiger partial charge in [0.15, 0.2) is 0 Å². The van der Waals surface area contributed by atoms with Gasteiger partial charge in [0, 0.05) is 18.3 Å². The molecule has 1 fully saturated rings. The lowest BCUT2D eigenvalue weighted by molar-refractivity contribution is 0.242. The van der Waals surface area contributed by atoms with E-state index in [4.69, 9.17) is 10.5 Å². The first-order valence-corrected chi connectivity index (χ1v) is 7.39. The minimum atomic E-state index is 0.227. The summed E-state index contributed by atoms with van der Waals surface area (Å²) in [5, 5.41) is 3.51. The molecule has 1 aromatic carbocycles. The molecular formula is C16H26N2O. The molecule has 106 valence electrons. The van der Waals surface area contributed by atoms with Crippen molar-refractivity contribution in [1.82, 2.24) is 0 Å². The Labute approximate surface area is 116 Å². The van der Waals surface area contributed by atoms with E-state index in [1.165, 1.54) is 31.4 Å². The molecular weight excluding hydrogens is 236 g/mol. The zero-order chi connectivity index (χ0) is 13.7. The minimum absolute atomic E-state index is 0.227. The molecule has 3 N–H and O–H groups in total. The highest BCUT2D eigenvalue weighted by Gasteiger charge is 2.17. The van der Waals surface area contributed by atoms with Crippen LogP contribution in [0.2, 0.25) is 0 Å². The van der Waals surface area contributed by atoms with Crippen LogP contribution in [0.15, 0.2) is 24.3 Å². The van der Waals surface area contributed by atoms with Crippen molar-refractivity contribution in [2.24, 2.45) is 11.7 Å². The number of rotatable bonds is 5. The van der Waals surface area contributed by atoms with Gasteiger partial charge in [-0.05, 0) is 69.7 Å². The molecule has 1 aliphatic rings. The van der Waals surface area contributed by atoms with E-state index in [2.05, 4.69) is 17.4 Å². The summed E-state index contributed by atoms with van der Waals surface area (Å²) in [6.45, 7) is 5.14. The summed E-state index contributed by atoms with van der Waals surface area (Å²) in [6, 6.07) is 8.67. The van der Waals surface area contributed by atoms with Gasteiger partial charge in [0.1, 0.15) is 5.75 Å². The first-order valence-electron chi connectivity index (χ1n) is 7.39. The largest absolute Gasteiger partial charge is 0.491 e. The zero-order valence-electron chi connectivity index (χ0n) is 12.1. The fourth-order valence-corrected chi connectivity index (χ4v) is 2.58. The number of nitrogens with two attached hydrogens (primary N) is 1. The Morgan fingerprint density at radius 1 is 1.16 bits per heavy atom. The average molecular weight is 262 g/mol. The Balaban J connectivity index is 1.76. The number of hydrogen-bond acceptors (Lipinski definition) is 3. The smallest absolute Gasteiger partial charge is 0.119 e. The van der Waals surface area contributed by atoms with Crippen LogP contribution in [-0.2, 0) is 0 Å². The standard InChI is InChI=1S/C16H26N2O/c1-12(2)19-16-9-7-15(8-10-16)18-11-13-3-5-14(17)6-4-13/h7-10,12-14,18H,3-6,11,17H2,1-2H3. The second kappa shape index (κ2) is 6.80. The highest BCUT2D eigenvalue weighted by Crippen LogP contribution is 2.24. The normalized spacial score (nSPS) is 23.4. The van der Waals surface area contributed by atoms with Crippen molar-refractivity contribution >= 4 is 5.69 Å². The van der Waals surface area contributed by atoms with Gasteiger partial charge in [-0.1, -0.05) is 0 Å². The monoisotopic (exact) mass is 262 g/mol. The van der Waals surface area contributed by atoms with Crippen molar-refractivity contribution in [1.29, 1.82) is 0 Å². The van der Waals surface area contributed by atoms with Crippen LogP contribution in [0.25, 0.3) is 0 Å². The van der Waals surface area contributed by atoms with Crippen LogP contribution < -0.4 is 15.8 Å². The molecule has 3 heteroatoms. The Bertz CT molecular complexity index is 367. The predicted octanol–water partition coefficient (Wildman–Crippen LogP) is 3.40. The molecule has 3 nitrogen and oxygen atoms in total. The molecule has 2 rings (SSSR count). The molecule has 0 aromatic heterocycles. The van der Waals surface area contributed by atoms with Crippen LogP contribution in [0.5, 0.6) is 5.75 Å². The summed E-state index contributed by atoms with van der Waals surface area (Å²) >= 11 is 0. The Morgan fingerprint density at radius 3 is 2.37 bits per heavy atom. The van der Waals surface area contributed by atoms with E-state index in [9.17, 15) is 0 Å². The summed E-state index contributed by atoms with van der Waals surface area (Å²) in [7, 11) is 0. The lowest BCUT2D eigenvalue weighted by Crippen LogP contribution is -2.29. The highest BCUT2D eigenvalue weighted by atomic mass is 16.5. The van der Waals surface area contributed by atoms with Gasteiger partial charge in [0.25, 0.3) is 0 Å². The molecule has 0 spiro atoms. The maximum Gasteiger partial charge on any atom is 0.119 e. The lowest BCUT2D eigenvalue weighted by Gasteiger charge is -2.26. The second-order valence-corrected chi connectivity index (χ2v) is 5.85. The van der Waals surface area contributed by atoms with E-state index < -0.39 is 0 Å². The van der Waals surface area contributed by atoms with E-state index in [-0.39, 0.29) is 6.10 Å². The van der Waals surface area contributed by atoms with Crippen LogP contribution in [0.4, 0.5) is 5.69 Å². The fraction of sp³-hybridized carbons (Fsp3) is 0.625. The third-order valence-corrected chi connectivity index (χ3v) is 3.71.